The molecule has 0 saturated carbocycles. The molecule has 0 aliphatic carbocycles. The quantitative estimate of drug-likeness (QED) is 0.621. The Labute approximate surface area is 144 Å². The average molecular weight is 338 g/mol. The third kappa shape index (κ3) is 3.40. The fourth-order valence-electron chi connectivity index (χ4n) is 2.36. The van der Waals surface area contributed by atoms with Gasteiger partial charge in [-0.1, -0.05) is 60.1 Å². The number of nitriles is 1. The van der Waals surface area contributed by atoms with Gasteiger partial charge in [-0.05, 0) is 29.3 Å². The van der Waals surface area contributed by atoms with Crippen LogP contribution >= 0.6 is 11.6 Å². The van der Waals surface area contributed by atoms with E-state index in [1.165, 1.54) is 6.07 Å². The van der Waals surface area contributed by atoms with Crippen LogP contribution in [0.2, 0.25) is 5.02 Å². The maximum Gasteiger partial charge on any atom is 0.142 e. The van der Waals surface area contributed by atoms with E-state index in [9.17, 15) is 9.65 Å². The lowest BCUT2D eigenvalue weighted by Crippen LogP contribution is -1.97. The second-order valence-corrected chi connectivity index (χ2v) is 5.58. The molecule has 0 amide bonds. The van der Waals surface area contributed by atoms with Crippen molar-refractivity contribution in [1.82, 2.24) is 0 Å². The largest absolute Gasteiger partial charge is 0.488 e. The minimum atomic E-state index is -0.481. The second kappa shape index (κ2) is 7.16. The zero-order valence-electron chi connectivity index (χ0n) is 12.7. The van der Waals surface area contributed by atoms with Gasteiger partial charge in [0.2, 0.25) is 0 Å². The molecule has 2 nitrogen and oxygen atoms in total. The maximum atomic E-state index is 13.7. The van der Waals surface area contributed by atoms with Crippen molar-refractivity contribution in [2.75, 3.05) is 0 Å². The molecule has 3 aromatic carbocycles. The normalized spacial score (nSPS) is 10.2. The number of ether oxygens (including phenoxy) is 1. The number of nitrogens with zero attached hydrogens (tertiary/aromatic N) is 1. The van der Waals surface area contributed by atoms with E-state index in [1.807, 2.05) is 30.3 Å². The summed E-state index contributed by atoms with van der Waals surface area (Å²) in [6, 6.07) is 21.5. The first-order valence-electron chi connectivity index (χ1n) is 7.34. The van der Waals surface area contributed by atoms with Crippen LogP contribution in [0.15, 0.2) is 66.7 Å². The minimum absolute atomic E-state index is 0.0521. The van der Waals surface area contributed by atoms with E-state index in [-0.39, 0.29) is 5.02 Å². The number of benzene rings is 3. The minimum Gasteiger partial charge on any atom is -0.488 e. The van der Waals surface area contributed by atoms with Gasteiger partial charge in [-0.3, -0.25) is 0 Å². The molecule has 0 atom stereocenters. The Kier molecular flexibility index (Phi) is 4.79. The average Bonchev–Trinajstić information content (AvgIpc) is 2.63. The summed E-state index contributed by atoms with van der Waals surface area (Å²) in [7, 11) is 0. The van der Waals surface area contributed by atoms with Gasteiger partial charge in [0.05, 0.1) is 10.6 Å². The van der Waals surface area contributed by atoms with E-state index in [2.05, 4.69) is 6.07 Å². The van der Waals surface area contributed by atoms with E-state index in [4.69, 9.17) is 16.3 Å². The summed E-state index contributed by atoms with van der Waals surface area (Å²) in [5, 5.41) is 9.31. The molecule has 0 radical (unpaired) electrons. The molecule has 4 heteroatoms. The predicted octanol–water partition coefficient (Wildman–Crippen LogP) is 5.60. The van der Waals surface area contributed by atoms with Gasteiger partial charge in [-0.15, -0.1) is 0 Å². The zero-order valence-corrected chi connectivity index (χ0v) is 13.4. The fraction of sp³-hybridized carbons (Fsp3) is 0.0500. The number of rotatable bonds is 4. The molecule has 0 unspecified atom stereocenters. The molecule has 0 aliphatic heterocycles. The molecular formula is C20H13ClFNO. The maximum absolute atomic E-state index is 13.7. The molecule has 24 heavy (non-hydrogen) atoms. The monoisotopic (exact) mass is 337 g/mol. The first-order chi connectivity index (χ1) is 11.7. The van der Waals surface area contributed by atoms with E-state index in [0.29, 0.717) is 29.0 Å². The number of hydrogen-bond acceptors (Lipinski definition) is 2. The fourth-order valence-corrected chi connectivity index (χ4v) is 2.60. The van der Waals surface area contributed by atoms with Crippen LogP contribution in [-0.2, 0) is 6.61 Å². The SMILES string of the molecule is N#Cc1ccc(-c2cccc(F)c2Cl)cc1OCc1ccccc1. The standard InChI is InChI=1S/C20H13ClFNO/c21-20-17(7-4-8-18(20)22)15-9-10-16(12-23)19(11-15)24-13-14-5-2-1-3-6-14/h1-11H,13H2. The summed E-state index contributed by atoms with van der Waals surface area (Å²) < 4.78 is 19.5. The summed E-state index contributed by atoms with van der Waals surface area (Å²) >= 11 is 6.05. The Morgan fingerprint density at radius 3 is 2.54 bits per heavy atom. The van der Waals surface area contributed by atoms with Crippen molar-refractivity contribution in [3.63, 3.8) is 0 Å². The van der Waals surface area contributed by atoms with Crippen molar-refractivity contribution >= 4 is 11.6 Å². The van der Waals surface area contributed by atoms with Crippen molar-refractivity contribution in [3.8, 4) is 22.9 Å². The molecule has 118 valence electrons. The highest BCUT2D eigenvalue weighted by molar-refractivity contribution is 6.33. The lowest BCUT2D eigenvalue weighted by atomic mass is 10.0. The van der Waals surface area contributed by atoms with E-state index in [1.54, 1.807) is 30.3 Å². The van der Waals surface area contributed by atoms with Crippen molar-refractivity contribution < 1.29 is 9.13 Å². The summed E-state index contributed by atoms with van der Waals surface area (Å²) in [6.45, 7) is 0.343. The highest BCUT2D eigenvalue weighted by Crippen LogP contribution is 2.33. The van der Waals surface area contributed by atoms with Gasteiger partial charge in [-0.25, -0.2) is 4.39 Å². The van der Waals surface area contributed by atoms with Gasteiger partial charge in [-0.2, -0.15) is 5.26 Å². The van der Waals surface area contributed by atoms with Crippen LogP contribution in [-0.4, -0.2) is 0 Å². The molecule has 0 fully saturated rings. The Bertz CT molecular complexity index is 903. The van der Waals surface area contributed by atoms with Gasteiger partial charge in [0.1, 0.15) is 24.2 Å². The third-order valence-corrected chi connectivity index (χ3v) is 3.99. The number of halogens is 2. The molecule has 3 rings (SSSR count). The molecular weight excluding hydrogens is 325 g/mol. The van der Waals surface area contributed by atoms with Crippen LogP contribution in [0.25, 0.3) is 11.1 Å². The first-order valence-corrected chi connectivity index (χ1v) is 7.72. The highest BCUT2D eigenvalue weighted by atomic mass is 35.5. The summed E-state index contributed by atoms with van der Waals surface area (Å²) in [4.78, 5) is 0. The number of hydrogen-bond donors (Lipinski definition) is 0. The van der Waals surface area contributed by atoms with Gasteiger partial charge in [0.15, 0.2) is 0 Å². The molecule has 0 N–H and O–H groups in total. The predicted molar refractivity (Wildman–Crippen MR) is 92.3 cm³/mol. The van der Waals surface area contributed by atoms with Crippen molar-refractivity contribution in [2.24, 2.45) is 0 Å². The summed E-state index contributed by atoms with van der Waals surface area (Å²) in [5.41, 5.74) is 2.67. The van der Waals surface area contributed by atoms with Gasteiger partial charge in [0.25, 0.3) is 0 Å². The molecule has 0 aliphatic rings. The Balaban J connectivity index is 1.94. The van der Waals surface area contributed by atoms with E-state index < -0.39 is 5.82 Å². The van der Waals surface area contributed by atoms with Crippen LogP contribution in [0.1, 0.15) is 11.1 Å². The van der Waals surface area contributed by atoms with Gasteiger partial charge < -0.3 is 4.74 Å². The Morgan fingerprint density at radius 2 is 1.79 bits per heavy atom. The molecule has 0 heterocycles. The topological polar surface area (TPSA) is 33.0 Å². The van der Waals surface area contributed by atoms with Crippen molar-refractivity contribution in [3.05, 3.63) is 88.7 Å². The highest BCUT2D eigenvalue weighted by Gasteiger charge is 2.11. The third-order valence-electron chi connectivity index (χ3n) is 3.60. The smallest absolute Gasteiger partial charge is 0.142 e. The van der Waals surface area contributed by atoms with E-state index >= 15 is 0 Å². The summed E-state index contributed by atoms with van der Waals surface area (Å²) in [6.07, 6.45) is 0. The zero-order chi connectivity index (χ0) is 16.9. The van der Waals surface area contributed by atoms with E-state index in [0.717, 1.165) is 5.56 Å². The molecule has 0 bridgehead atoms. The van der Waals surface area contributed by atoms with Gasteiger partial charge >= 0.3 is 0 Å². The second-order valence-electron chi connectivity index (χ2n) is 5.20. The Hall–Kier alpha value is -2.83. The summed E-state index contributed by atoms with van der Waals surface area (Å²) in [5.74, 6) is -0.0375. The van der Waals surface area contributed by atoms with Crippen molar-refractivity contribution in [1.29, 1.82) is 5.26 Å². The lowest BCUT2D eigenvalue weighted by molar-refractivity contribution is 0.305. The van der Waals surface area contributed by atoms with Crippen LogP contribution in [0.3, 0.4) is 0 Å². The van der Waals surface area contributed by atoms with Crippen LogP contribution < -0.4 is 4.74 Å². The van der Waals surface area contributed by atoms with Crippen LogP contribution in [0.5, 0.6) is 5.75 Å². The Morgan fingerprint density at radius 1 is 1.00 bits per heavy atom. The molecule has 0 spiro atoms. The van der Waals surface area contributed by atoms with Crippen LogP contribution in [0, 0.1) is 17.1 Å². The molecule has 3 aromatic rings. The van der Waals surface area contributed by atoms with Crippen LogP contribution in [0.4, 0.5) is 4.39 Å². The lowest BCUT2D eigenvalue weighted by Gasteiger charge is -2.11. The van der Waals surface area contributed by atoms with Crippen molar-refractivity contribution in [2.45, 2.75) is 6.61 Å². The molecule has 0 saturated heterocycles. The molecule has 0 aromatic heterocycles. The van der Waals surface area contributed by atoms with Gasteiger partial charge in [0, 0.05) is 5.56 Å². The first kappa shape index (κ1) is 16.0.